The number of rotatable bonds is 9. The molecule has 0 amide bonds. The Morgan fingerprint density at radius 3 is 2.86 bits per heavy atom. The van der Waals surface area contributed by atoms with Gasteiger partial charge in [-0.05, 0) is 42.0 Å². The number of imidazole rings is 1. The number of aliphatic hydroxyl groups is 1. The summed E-state index contributed by atoms with van der Waals surface area (Å²) in [5.74, 6) is 1.87. The molecule has 4 N–H and O–H groups in total. The maximum atomic E-state index is 10.6. The highest BCUT2D eigenvalue weighted by molar-refractivity contribution is 7.99. The smallest absolute Gasteiger partial charge is 0.221 e. The molecule has 3 aromatic heterocycles. The number of thioether (sulfide) groups is 1. The summed E-state index contributed by atoms with van der Waals surface area (Å²) >= 11 is 1.57. The van der Waals surface area contributed by atoms with E-state index in [2.05, 4.69) is 25.5 Å². The third-order valence-electron chi connectivity index (χ3n) is 5.77. The lowest BCUT2D eigenvalue weighted by atomic mass is 10.0. The Morgan fingerprint density at radius 1 is 1.19 bits per heavy atom. The van der Waals surface area contributed by atoms with Crippen LogP contribution < -0.4 is 10.1 Å². The average Bonchev–Trinajstić information content (AvgIpc) is 3.54. The van der Waals surface area contributed by atoms with Gasteiger partial charge in [0.05, 0.1) is 29.4 Å². The molecule has 0 fully saturated rings. The number of nitrogens with zero attached hydrogens (tertiary/aromatic N) is 5. The van der Waals surface area contributed by atoms with Crippen molar-refractivity contribution in [1.29, 1.82) is 0 Å². The zero-order valence-electron chi connectivity index (χ0n) is 20.2. The van der Waals surface area contributed by atoms with Crippen LogP contribution in [0.2, 0.25) is 0 Å². The second-order valence-electron chi connectivity index (χ2n) is 8.15. The molecule has 0 aliphatic heterocycles. The third-order valence-corrected chi connectivity index (χ3v) is 6.80. The minimum atomic E-state index is 0.101. The molecule has 0 bridgehead atoms. The van der Waals surface area contributed by atoms with Crippen molar-refractivity contribution in [2.24, 2.45) is 7.05 Å². The highest BCUT2D eigenvalue weighted by Crippen LogP contribution is 2.36. The highest BCUT2D eigenvalue weighted by Gasteiger charge is 2.15. The van der Waals surface area contributed by atoms with Gasteiger partial charge >= 0.3 is 0 Å². The van der Waals surface area contributed by atoms with Crippen molar-refractivity contribution in [3.8, 4) is 34.1 Å². The lowest BCUT2D eigenvalue weighted by molar-refractivity contribution is 0.399. The predicted octanol–water partition coefficient (Wildman–Crippen LogP) is 4.37. The van der Waals surface area contributed by atoms with Crippen molar-refractivity contribution in [2.75, 3.05) is 19.4 Å². The molecule has 0 saturated carbocycles. The number of phenols is 1. The average molecular weight is 516 g/mol. The monoisotopic (exact) mass is 515 g/mol. The topological polar surface area (TPSA) is 134 Å². The summed E-state index contributed by atoms with van der Waals surface area (Å²) in [5.41, 5.74) is 5.08. The van der Waals surface area contributed by atoms with E-state index >= 15 is 0 Å². The number of nitrogens with one attached hydrogen (secondary N) is 2. The van der Waals surface area contributed by atoms with E-state index in [1.54, 1.807) is 37.5 Å². The number of aromatic nitrogens is 6. The van der Waals surface area contributed by atoms with Gasteiger partial charge in [-0.2, -0.15) is 0 Å². The van der Waals surface area contributed by atoms with Gasteiger partial charge in [0.15, 0.2) is 5.16 Å². The molecular formula is C26H25N7O3S. The first-order valence-electron chi connectivity index (χ1n) is 11.5. The molecule has 37 heavy (non-hydrogen) atoms. The van der Waals surface area contributed by atoms with Crippen LogP contribution >= 0.6 is 11.8 Å². The van der Waals surface area contributed by atoms with Crippen LogP contribution in [0.1, 0.15) is 5.56 Å². The van der Waals surface area contributed by atoms with Crippen LogP contribution in [0.3, 0.4) is 0 Å². The number of hydrogen-bond acceptors (Lipinski definition) is 9. The number of ether oxygens (including phenoxy) is 1. The van der Waals surface area contributed by atoms with Crippen LogP contribution in [0.15, 0.2) is 72.5 Å². The van der Waals surface area contributed by atoms with E-state index < -0.39 is 0 Å². The Balaban J connectivity index is 1.37. The first-order chi connectivity index (χ1) is 18.1. The summed E-state index contributed by atoms with van der Waals surface area (Å²) in [5, 5.41) is 32.5. The summed E-state index contributed by atoms with van der Waals surface area (Å²) in [7, 11) is 3.47. The number of benzene rings is 2. The van der Waals surface area contributed by atoms with E-state index in [-0.39, 0.29) is 5.75 Å². The number of aryl methyl sites for hydroxylation is 1. The molecule has 3 heterocycles. The fourth-order valence-corrected chi connectivity index (χ4v) is 4.66. The van der Waals surface area contributed by atoms with Gasteiger partial charge in [-0.3, -0.25) is 0 Å². The van der Waals surface area contributed by atoms with E-state index in [0.717, 1.165) is 39.4 Å². The van der Waals surface area contributed by atoms with Crippen molar-refractivity contribution in [3.63, 3.8) is 0 Å². The number of fused-ring (bicyclic) bond motifs is 1. The van der Waals surface area contributed by atoms with Gasteiger partial charge in [0, 0.05) is 36.7 Å². The fraction of sp³-hybridized carbons (Fsp3) is 0.154. The van der Waals surface area contributed by atoms with Gasteiger partial charge in [-0.15, -0.1) is 10.2 Å². The summed E-state index contributed by atoms with van der Waals surface area (Å²) in [6, 6.07) is 14.7. The van der Waals surface area contributed by atoms with E-state index in [1.807, 2.05) is 54.1 Å². The van der Waals surface area contributed by atoms with Gasteiger partial charge in [-0.25, -0.2) is 9.97 Å². The molecule has 0 spiro atoms. The number of methoxy groups -OCH3 is 1. The van der Waals surface area contributed by atoms with Crippen molar-refractivity contribution < 1.29 is 14.9 Å². The van der Waals surface area contributed by atoms with Crippen LogP contribution in [0.25, 0.3) is 39.2 Å². The molecule has 2 aromatic carbocycles. The first kappa shape index (κ1) is 24.2. The van der Waals surface area contributed by atoms with Gasteiger partial charge in [0.1, 0.15) is 24.2 Å². The number of phenolic OH excluding ortho intramolecular Hbond substituents is 1. The number of aromatic amines is 1. The second-order valence-corrected chi connectivity index (χ2v) is 9.21. The number of hydrogen-bond donors (Lipinski definition) is 4. The van der Waals surface area contributed by atoms with Crippen LogP contribution in [-0.2, 0) is 7.05 Å². The van der Waals surface area contributed by atoms with E-state index in [1.165, 1.54) is 0 Å². The summed E-state index contributed by atoms with van der Waals surface area (Å²) < 4.78 is 7.25. The Hall–Kier alpha value is -4.51. The Morgan fingerprint density at radius 2 is 2.08 bits per heavy atom. The Labute approximate surface area is 217 Å². The largest absolute Gasteiger partial charge is 0.513 e. The molecule has 11 heteroatoms. The quantitative estimate of drug-likeness (QED) is 0.128. The van der Waals surface area contributed by atoms with E-state index in [4.69, 9.17) is 9.72 Å². The molecule has 0 atom stereocenters. The summed E-state index contributed by atoms with van der Waals surface area (Å²) in [6.07, 6.45) is 4.38. The lowest BCUT2D eigenvalue weighted by Crippen LogP contribution is -2.16. The summed E-state index contributed by atoms with van der Waals surface area (Å²) in [4.78, 5) is 12.3. The zero-order chi connectivity index (χ0) is 25.8. The lowest BCUT2D eigenvalue weighted by Gasteiger charge is -2.09. The fourth-order valence-electron chi connectivity index (χ4n) is 3.92. The van der Waals surface area contributed by atoms with Crippen LogP contribution in [-0.4, -0.2) is 59.3 Å². The van der Waals surface area contributed by atoms with Crippen LogP contribution in [0.4, 0.5) is 0 Å². The van der Waals surface area contributed by atoms with Crippen molar-refractivity contribution in [1.82, 2.24) is 35.0 Å². The Kier molecular flexibility index (Phi) is 6.95. The van der Waals surface area contributed by atoms with Crippen molar-refractivity contribution in [2.45, 2.75) is 5.16 Å². The van der Waals surface area contributed by atoms with Crippen LogP contribution in [0.5, 0.6) is 11.6 Å². The first-order valence-corrected chi connectivity index (χ1v) is 12.4. The molecule has 0 aliphatic carbocycles. The van der Waals surface area contributed by atoms with E-state index in [9.17, 15) is 10.2 Å². The minimum absolute atomic E-state index is 0.101. The molecule has 5 rings (SSSR count). The molecule has 10 nitrogen and oxygen atoms in total. The van der Waals surface area contributed by atoms with Crippen molar-refractivity contribution >= 4 is 28.5 Å². The molecule has 0 aliphatic rings. The SMILES string of the molecule is COc1ncccc1-c1ccc(O)c(-c2nc3cc(/C(=C/O)NCCSc4nncn4C)ccc3[nH]2)c1. The predicted molar refractivity (Wildman–Crippen MR) is 143 cm³/mol. The molecule has 0 saturated heterocycles. The normalized spacial score (nSPS) is 11.7. The third kappa shape index (κ3) is 5.07. The second kappa shape index (κ2) is 10.6. The molecule has 188 valence electrons. The van der Waals surface area contributed by atoms with Crippen molar-refractivity contribution in [3.05, 3.63) is 72.9 Å². The summed E-state index contributed by atoms with van der Waals surface area (Å²) in [6.45, 7) is 0.617. The number of aromatic hydroxyl groups is 1. The number of aliphatic hydroxyl groups excluding tert-OH is 1. The zero-order valence-corrected chi connectivity index (χ0v) is 21.0. The number of H-pyrrole nitrogens is 1. The molecule has 0 radical (unpaired) electrons. The van der Waals surface area contributed by atoms with Gasteiger partial charge in [0.25, 0.3) is 0 Å². The van der Waals surface area contributed by atoms with Crippen LogP contribution in [0, 0.1) is 0 Å². The van der Waals surface area contributed by atoms with Gasteiger partial charge < -0.3 is 29.8 Å². The van der Waals surface area contributed by atoms with Gasteiger partial charge in [-0.1, -0.05) is 23.9 Å². The molecule has 5 aromatic rings. The Bertz CT molecular complexity index is 1580. The minimum Gasteiger partial charge on any atom is -0.513 e. The molecule has 0 unspecified atom stereocenters. The standard InChI is InChI=1S/C26H25N7O3S/c1-33-15-29-32-26(33)37-11-10-27-22(14-34)17-5-7-20-21(13-17)31-24(30-20)19-12-16(6-8-23(19)35)18-4-3-9-28-25(18)36-2/h3-9,12-15,27,34-35H,10-11H2,1-2H3,(H,30,31)/b22-14-. The maximum Gasteiger partial charge on any atom is 0.221 e. The maximum absolute atomic E-state index is 10.6. The van der Waals surface area contributed by atoms with E-state index in [0.29, 0.717) is 35.0 Å². The highest BCUT2D eigenvalue weighted by atomic mass is 32.2. The molecular weight excluding hydrogens is 490 g/mol. The van der Waals surface area contributed by atoms with Gasteiger partial charge in [0.2, 0.25) is 5.88 Å². The number of pyridine rings is 1.